The van der Waals surface area contributed by atoms with E-state index < -0.39 is 0 Å². The van der Waals surface area contributed by atoms with Gasteiger partial charge in [-0.3, -0.25) is 9.79 Å². The Morgan fingerprint density at radius 3 is 2.70 bits per heavy atom. The average molecular weight is 268 g/mol. The van der Waals surface area contributed by atoms with Gasteiger partial charge in [0, 0.05) is 11.9 Å². The molecular formula is C16H13FN2O. The van der Waals surface area contributed by atoms with Crippen LogP contribution in [-0.2, 0) is 11.3 Å². The SMILES string of the molecule is O=C1Nc2ccccc2[C@H]1C=NCc1ccc(F)cc1. The van der Waals surface area contributed by atoms with Crippen molar-refractivity contribution in [3.8, 4) is 0 Å². The molecule has 20 heavy (non-hydrogen) atoms. The molecule has 1 aliphatic rings. The molecule has 0 aromatic heterocycles. The molecule has 100 valence electrons. The van der Waals surface area contributed by atoms with E-state index in [1.54, 1.807) is 18.3 Å². The Kier molecular flexibility index (Phi) is 3.29. The number of anilines is 1. The number of hydrogen-bond acceptors (Lipinski definition) is 2. The number of halogens is 1. The minimum atomic E-state index is -0.341. The van der Waals surface area contributed by atoms with E-state index in [1.807, 2.05) is 24.3 Å². The Hall–Kier alpha value is -2.49. The van der Waals surface area contributed by atoms with Gasteiger partial charge in [0.05, 0.1) is 6.54 Å². The molecule has 1 aliphatic heterocycles. The highest BCUT2D eigenvalue weighted by molar-refractivity contribution is 6.12. The molecule has 2 aromatic rings. The second-order valence-electron chi connectivity index (χ2n) is 4.67. The van der Waals surface area contributed by atoms with E-state index in [9.17, 15) is 9.18 Å². The lowest BCUT2D eigenvalue weighted by Crippen LogP contribution is -2.13. The summed E-state index contributed by atoms with van der Waals surface area (Å²) in [6.45, 7) is 0.437. The molecule has 0 saturated carbocycles. The first-order valence-corrected chi connectivity index (χ1v) is 6.38. The van der Waals surface area contributed by atoms with Gasteiger partial charge < -0.3 is 5.32 Å². The average Bonchev–Trinajstić information content (AvgIpc) is 2.77. The Morgan fingerprint density at radius 1 is 1.15 bits per heavy atom. The van der Waals surface area contributed by atoms with Crippen LogP contribution in [-0.4, -0.2) is 12.1 Å². The minimum absolute atomic E-state index is 0.0611. The molecule has 2 aromatic carbocycles. The van der Waals surface area contributed by atoms with Crippen LogP contribution in [0.5, 0.6) is 0 Å². The maximum Gasteiger partial charge on any atom is 0.237 e. The third-order valence-electron chi connectivity index (χ3n) is 3.28. The molecule has 0 aliphatic carbocycles. The van der Waals surface area contributed by atoms with Crippen molar-refractivity contribution in [2.45, 2.75) is 12.5 Å². The molecule has 1 N–H and O–H groups in total. The van der Waals surface area contributed by atoms with E-state index in [1.165, 1.54) is 12.1 Å². The van der Waals surface area contributed by atoms with Gasteiger partial charge >= 0.3 is 0 Å². The van der Waals surface area contributed by atoms with Crippen LogP contribution >= 0.6 is 0 Å². The molecule has 3 nitrogen and oxygen atoms in total. The highest BCUT2D eigenvalue weighted by Gasteiger charge is 2.28. The number of nitrogens with zero attached hydrogens (tertiary/aromatic N) is 1. The van der Waals surface area contributed by atoms with Crippen LogP contribution in [0, 0.1) is 5.82 Å². The Morgan fingerprint density at radius 2 is 1.90 bits per heavy atom. The third-order valence-corrected chi connectivity index (χ3v) is 3.28. The molecular weight excluding hydrogens is 255 g/mol. The Balaban J connectivity index is 1.73. The summed E-state index contributed by atoms with van der Waals surface area (Å²) in [5.74, 6) is -0.664. The summed E-state index contributed by atoms with van der Waals surface area (Å²) in [5, 5.41) is 2.82. The van der Waals surface area contributed by atoms with Crippen LogP contribution in [0.1, 0.15) is 17.0 Å². The van der Waals surface area contributed by atoms with Crippen LogP contribution in [0.4, 0.5) is 10.1 Å². The van der Waals surface area contributed by atoms with Crippen molar-refractivity contribution in [3.05, 3.63) is 65.5 Å². The lowest BCUT2D eigenvalue weighted by molar-refractivity contribution is -0.115. The quantitative estimate of drug-likeness (QED) is 0.854. The first-order chi connectivity index (χ1) is 9.74. The molecule has 0 saturated heterocycles. The second-order valence-corrected chi connectivity index (χ2v) is 4.67. The molecule has 1 atom stereocenters. The third kappa shape index (κ3) is 2.45. The first kappa shape index (κ1) is 12.5. The molecule has 3 rings (SSSR count). The lowest BCUT2D eigenvalue weighted by atomic mass is 10.0. The van der Waals surface area contributed by atoms with Gasteiger partial charge in [0.25, 0.3) is 0 Å². The van der Waals surface area contributed by atoms with Crippen molar-refractivity contribution in [3.63, 3.8) is 0 Å². The van der Waals surface area contributed by atoms with E-state index in [0.717, 1.165) is 16.8 Å². The topological polar surface area (TPSA) is 41.5 Å². The van der Waals surface area contributed by atoms with Crippen LogP contribution in [0.3, 0.4) is 0 Å². The summed E-state index contributed by atoms with van der Waals surface area (Å²) in [6, 6.07) is 13.8. The van der Waals surface area contributed by atoms with E-state index in [0.29, 0.717) is 6.54 Å². The summed E-state index contributed by atoms with van der Waals surface area (Å²) in [7, 11) is 0. The molecule has 0 radical (unpaired) electrons. The summed E-state index contributed by atoms with van der Waals surface area (Å²) in [6.07, 6.45) is 1.66. The van der Waals surface area contributed by atoms with Crippen LogP contribution in [0.15, 0.2) is 53.5 Å². The fourth-order valence-corrected chi connectivity index (χ4v) is 2.24. The van der Waals surface area contributed by atoms with Gasteiger partial charge in [-0.2, -0.15) is 0 Å². The summed E-state index contributed by atoms with van der Waals surface area (Å²) >= 11 is 0. The summed E-state index contributed by atoms with van der Waals surface area (Å²) in [5.41, 5.74) is 2.70. The molecule has 0 unspecified atom stereocenters. The zero-order chi connectivity index (χ0) is 13.9. The van der Waals surface area contributed by atoms with Crippen molar-refractivity contribution in [1.82, 2.24) is 0 Å². The minimum Gasteiger partial charge on any atom is -0.325 e. The normalized spacial score (nSPS) is 17.2. The first-order valence-electron chi connectivity index (χ1n) is 6.38. The number of carbonyl (C=O) groups excluding carboxylic acids is 1. The lowest BCUT2D eigenvalue weighted by Gasteiger charge is -2.01. The van der Waals surface area contributed by atoms with Gasteiger partial charge in [0.1, 0.15) is 11.7 Å². The molecule has 4 heteroatoms. The number of para-hydroxylation sites is 1. The number of hydrogen-bond donors (Lipinski definition) is 1. The number of carbonyl (C=O) groups is 1. The smallest absolute Gasteiger partial charge is 0.237 e. The number of nitrogens with one attached hydrogen (secondary N) is 1. The van der Waals surface area contributed by atoms with Gasteiger partial charge in [0.15, 0.2) is 0 Å². The molecule has 1 heterocycles. The number of fused-ring (bicyclic) bond motifs is 1. The van der Waals surface area contributed by atoms with Gasteiger partial charge in [-0.15, -0.1) is 0 Å². The highest BCUT2D eigenvalue weighted by Crippen LogP contribution is 2.30. The highest BCUT2D eigenvalue weighted by atomic mass is 19.1. The van der Waals surface area contributed by atoms with Crippen molar-refractivity contribution >= 4 is 17.8 Å². The maximum absolute atomic E-state index is 12.8. The monoisotopic (exact) mass is 268 g/mol. The van der Waals surface area contributed by atoms with Crippen LogP contribution in [0.2, 0.25) is 0 Å². The van der Waals surface area contributed by atoms with E-state index in [2.05, 4.69) is 10.3 Å². The second kappa shape index (κ2) is 5.25. The van der Waals surface area contributed by atoms with E-state index >= 15 is 0 Å². The van der Waals surface area contributed by atoms with E-state index in [-0.39, 0.29) is 17.6 Å². The van der Waals surface area contributed by atoms with Crippen molar-refractivity contribution in [2.75, 3.05) is 5.32 Å². The Labute approximate surface area is 116 Å². The van der Waals surface area contributed by atoms with Crippen LogP contribution < -0.4 is 5.32 Å². The predicted molar refractivity (Wildman–Crippen MR) is 76.4 cm³/mol. The fraction of sp³-hybridized carbons (Fsp3) is 0.125. The molecule has 0 spiro atoms. The number of amides is 1. The summed E-state index contributed by atoms with van der Waals surface area (Å²) < 4.78 is 12.8. The molecule has 1 amide bonds. The summed E-state index contributed by atoms with van der Waals surface area (Å²) in [4.78, 5) is 16.2. The van der Waals surface area contributed by atoms with Crippen LogP contribution in [0.25, 0.3) is 0 Å². The Bertz CT molecular complexity index is 664. The van der Waals surface area contributed by atoms with Crippen molar-refractivity contribution in [2.24, 2.45) is 4.99 Å². The van der Waals surface area contributed by atoms with Crippen molar-refractivity contribution < 1.29 is 9.18 Å². The van der Waals surface area contributed by atoms with Gasteiger partial charge in [0.2, 0.25) is 5.91 Å². The van der Waals surface area contributed by atoms with Gasteiger partial charge in [-0.25, -0.2) is 4.39 Å². The zero-order valence-electron chi connectivity index (χ0n) is 10.7. The predicted octanol–water partition coefficient (Wildman–Crippen LogP) is 3.13. The fourth-order valence-electron chi connectivity index (χ4n) is 2.24. The standard InChI is InChI=1S/C16H13FN2O/c17-12-7-5-11(6-8-12)9-18-10-14-13-3-1-2-4-15(13)19-16(14)20/h1-8,10,14H,9H2,(H,19,20)/t14-/m1/s1. The number of aliphatic imine (C=N–C) groups is 1. The van der Waals surface area contributed by atoms with Gasteiger partial charge in [-0.1, -0.05) is 30.3 Å². The van der Waals surface area contributed by atoms with E-state index in [4.69, 9.17) is 0 Å². The largest absolute Gasteiger partial charge is 0.325 e. The molecule has 0 fully saturated rings. The maximum atomic E-state index is 12.8. The van der Waals surface area contributed by atoms with Gasteiger partial charge in [-0.05, 0) is 29.3 Å². The number of rotatable bonds is 3. The number of benzene rings is 2. The van der Waals surface area contributed by atoms with Crippen molar-refractivity contribution in [1.29, 1.82) is 0 Å². The zero-order valence-corrected chi connectivity index (χ0v) is 10.7. The molecule has 0 bridgehead atoms.